The van der Waals surface area contributed by atoms with Crippen molar-refractivity contribution >= 4 is 23.5 Å². The van der Waals surface area contributed by atoms with Crippen molar-refractivity contribution < 1.29 is 19.1 Å². The number of carbonyl (C=O) groups is 3. The Bertz CT molecular complexity index is 1070. The number of ether oxygens (including phenoxy) is 1. The normalized spacial score (nSPS) is 12.9. The summed E-state index contributed by atoms with van der Waals surface area (Å²) in [5, 5.41) is 0. The third kappa shape index (κ3) is 3.00. The molecule has 0 atom stereocenters. The number of anilines is 1. The second-order valence-corrected chi connectivity index (χ2v) is 6.25. The summed E-state index contributed by atoms with van der Waals surface area (Å²) in [7, 11) is 0. The minimum Gasteiger partial charge on any atom is -0.423 e. The van der Waals surface area contributed by atoms with Gasteiger partial charge in [-0.25, -0.2) is 9.69 Å². The quantitative estimate of drug-likeness (QED) is 0.404. The first-order valence-corrected chi connectivity index (χ1v) is 8.41. The molecule has 0 aromatic heterocycles. The average molecular weight is 357 g/mol. The largest absolute Gasteiger partial charge is 0.423 e. The van der Waals surface area contributed by atoms with E-state index < -0.39 is 17.8 Å². The third-order valence-electron chi connectivity index (χ3n) is 4.34. The molecular formula is C22H15NO4. The second-order valence-electron chi connectivity index (χ2n) is 6.25. The summed E-state index contributed by atoms with van der Waals surface area (Å²) in [6.07, 6.45) is 0. The first-order valence-electron chi connectivity index (χ1n) is 8.41. The molecule has 5 heteroatoms. The van der Waals surface area contributed by atoms with Gasteiger partial charge in [0.2, 0.25) is 0 Å². The maximum atomic E-state index is 12.7. The molecule has 3 aromatic carbocycles. The first kappa shape index (κ1) is 16.7. The molecule has 1 aliphatic rings. The minimum atomic E-state index is -0.582. The fourth-order valence-electron chi connectivity index (χ4n) is 3.02. The van der Waals surface area contributed by atoms with Crippen LogP contribution in [0.3, 0.4) is 0 Å². The lowest BCUT2D eigenvalue weighted by Crippen LogP contribution is -2.29. The topological polar surface area (TPSA) is 63.7 Å². The Hall–Kier alpha value is -3.73. The molecule has 0 bridgehead atoms. The molecule has 0 fully saturated rings. The average Bonchev–Trinajstić information content (AvgIpc) is 2.92. The van der Waals surface area contributed by atoms with Crippen LogP contribution in [0, 0.1) is 6.92 Å². The molecule has 5 nitrogen and oxygen atoms in total. The Morgan fingerprint density at radius 3 is 2.30 bits per heavy atom. The third-order valence-corrected chi connectivity index (χ3v) is 4.34. The molecule has 0 N–H and O–H groups in total. The number of hydrogen-bond acceptors (Lipinski definition) is 4. The minimum absolute atomic E-state index is 0.197. The first-order chi connectivity index (χ1) is 13.0. The number of imide groups is 1. The van der Waals surface area contributed by atoms with Gasteiger partial charge in [0.05, 0.1) is 22.4 Å². The van der Waals surface area contributed by atoms with Crippen molar-refractivity contribution in [1.82, 2.24) is 0 Å². The van der Waals surface area contributed by atoms with Gasteiger partial charge < -0.3 is 4.74 Å². The van der Waals surface area contributed by atoms with Crippen LogP contribution in [0.25, 0.3) is 0 Å². The molecule has 0 radical (unpaired) electrons. The molecule has 1 heterocycles. The van der Waals surface area contributed by atoms with Crippen molar-refractivity contribution in [2.24, 2.45) is 0 Å². The van der Waals surface area contributed by atoms with Crippen LogP contribution in [0.15, 0.2) is 72.8 Å². The number of hydrogen-bond donors (Lipinski definition) is 0. The zero-order valence-electron chi connectivity index (χ0n) is 14.5. The number of amides is 2. The highest BCUT2D eigenvalue weighted by molar-refractivity contribution is 6.34. The molecule has 0 unspecified atom stereocenters. The van der Waals surface area contributed by atoms with Gasteiger partial charge in [-0.3, -0.25) is 9.59 Å². The fraction of sp³-hybridized carbons (Fsp3) is 0.0455. The number of fused-ring (bicyclic) bond motifs is 1. The summed E-state index contributed by atoms with van der Waals surface area (Å²) in [5.41, 5.74) is 2.14. The van der Waals surface area contributed by atoms with E-state index in [2.05, 4.69) is 0 Å². The zero-order chi connectivity index (χ0) is 19.0. The lowest BCUT2D eigenvalue weighted by atomic mass is 10.1. The molecule has 0 saturated carbocycles. The predicted octanol–water partition coefficient (Wildman–Crippen LogP) is 4.01. The standard InChI is InChI=1S/C22H15NO4/c1-14-6-5-9-17(12-14)27-22(26)15-10-11-18-19(13-15)21(25)23(20(18)24)16-7-3-2-4-8-16/h2-13H,1H3. The number of benzene rings is 3. The van der Waals surface area contributed by atoms with Crippen LogP contribution in [0.4, 0.5) is 5.69 Å². The summed E-state index contributed by atoms with van der Waals surface area (Å²) in [5.74, 6) is -1.01. The summed E-state index contributed by atoms with van der Waals surface area (Å²) in [6, 6.07) is 20.2. The zero-order valence-corrected chi connectivity index (χ0v) is 14.5. The van der Waals surface area contributed by atoms with Crippen molar-refractivity contribution in [3.8, 4) is 5.75 Å². The van der Waals surface area contributed by atoms with Crippen LogP contribution in [0.5, 0.6) is 5.75 Å². The van der Waals surface area contributed by atoms with Crippen LogP contribution in [-0.2, 0) is 0 Å². The molecule has 4 rings (SSSR count). The van der Waals surface area contributed by atoms with E-state index in [0.717, 1.165) is 10.5 Å². The Morgan fingerprint density at radius 1 is 0.815 bits per heavy atom. The second kappa shape index (κ2) is 6.53. The van der Waals surface area contributed by atoms with Crippen LogP contribution >= 0.6 is 0 Å². The number of aryl methyl sites for hydroxylation is 1. The molecule has 132 valence electrons. The van der Waals surface area contributed by atoms with Crippen LogP contribution < -0.4 is 9.64 Å². The van der Waals surface area contributed by atoms with E-state index in [4.69, 9.17) is 4.74 Å². The smallest absolute Gasteiger partial charge is 0.343 e. The van der Waals surface area contributed by atoms with E-state index in [0.29, 0.717) is 11.4 Å². The highest BCUT2D eigenvalue weighted by Gasteiger charge is 2.37. The number of esters is 1. The molecular weight excluding hydrogens is 342 g/mol. The van der Waals surface area contributed by atoms with Gasteiger partial charge in [-0.15, -0.1) is 0 Å². The summed E-state index contributed by atoms with van der Waals surface area (Å²) in [6.45, 7) is 1.90. The predicted molar refractivity (Wildman–Crippen MR) is 100 cm³/mol. The van der Waals surface area contributed by atoms with Crippen LogP contribution in [0.1, 0.15) is 36.6 Å². The summed E-state index contributed by atoms with van der Waals surface area (Å²) < 4.78 is 5.37. The van der Waals surface area contributed by atoms with E-state index in [1.54, 1.807) is 48.5 Å². The van der Waals surface area contributed by atoms with Gasteiger partial charge in [-0.2, -0.15) is 0 Å². The summed E-state index contributed by atoms with van der Waals surface area (Å²) in [4.78, 5) is 38.9. The highest BCUT2D eigenvalue weighted by Crippen LogP contribution is 2.29. The maximum Gasteiger partial charge on any atom is 0.343 e. The maximum absolute atomic E-state index is 12.7. The number of carbonyl (C=O) groups excluding carboxylic acids is 3. The van der Waals surface area contributed by atoms with Crippen molar-refractivity contribution in [2.45, 2.75) is 6.92 Å². The lowest BCUT2D eigenvalue weighted by molar-refractivity contribution is 0.0734. The van der Waals surface area contributed by atoms with Crippen molar-refractivity contribution in [1.29, 1.82) is 0 Å². The monoisotopic (exact) mass is 357 g/mol. The molecule has 1 aliphatic heterocycles. The van der Waals surface area contributed by atoms with Crippen molar-refractivity contribution in [3.63, 3.8) is 0 Å². The lowest BCUT2D eigenvalue weighted by Gasteiger charge is -2.13. The van der Waals surface area contributed by atoms with Gasteiger partial charge >= 0.3 is 5.97 Å². The molecule has 0 saturated heterocycles. The van der Waals surface area contributed by atoms with Gasteiger partial charge in [0.25, 0.3) is 11.8 Å². The van der Waals surface area contributed by atoms with E-state index in [1.807, 2.05) is 13.0 Å². The van der Waals surface area contributed by atoms with Crippen LogP contribution in [-0.4, -0.2) is 17.8 Å². The number of nitrogens with zero attached hydrogens (tertiary/aromatic N) is 1. The molecule has 27 heavy (non-hydrogen) atoms. The molecule has 2 amide bonds. The van der Waals surface area contributed by atoms with Gasteiger partial charge in [-0.05, 0) is 55.0 Å². The van der Waals surface area contributed by atoms with E-state index in [-0.39, 0.29) is 16.7 Å². The SMILES string of the molecule is Cc1cccc(OC(=O)c2ccc3c(c2)C(=O)N(c2ccccc2)C3=O)c1. The fourth-order valence-corrected chi connectivity index (χ4v) is 3.02. The van der Waals surface area contributed by atoms with E-state index in [1.165, 1.54) is 18.2 Å². The van der Waals surface area contributed by atoms with Gasteiger partial charge in [0, 0.05) is 0 Å². The molecule has 3 aromatic rings. The van der Waals surface area contributed by atoms with Crippen LogP contribution in [0.2, 0.25) is 0 Å². The van der Waals surface area contributed by atoms with E-state index in [9.17, 15) is 14.4 Å². The van der Waals surface area contributed by atoms with Crippen molar-refractivity contribution in [3.05, 3.63) is 95.1 Å². The van der Waals surface area contributed by atoms with Gasteiger partial charge in [-0.1, -0.05) is 30.3 Å². The molecule has 0 spiro atoms. The van der Waals surface area contributed by atoms with Gasteiger partial charge in [0.15, 0.2) is 0 Å². The van der Waals surface area contributed by atoms with Gasteiger partial charge in [0.1, 0.15) is 5.75 Å². The van der Waals surface area contributed by atoms with E-state index >= 15 is 0 Å². The summed E-state index contributed by atoms with van der Waals surface area (Å²) >= 11 is 0. The Kier molecular flexibility index (Phi) is 4.05. The Balaban J connectivity index is 1.64. The Morgan fingerprint density at radius 2 is 1.56 bits per heavy atom. The Labute approximate surface area is 155 Å². The highest BCUT2D eigenvalue weighted by atomic mass is 16.5. The number of rotatable bonds is 3. The van der Waals surface area contributed by atoms with Crippen molar-refractivity contribution in [2.75, 3.05) is 4.90 Å². The number of para-hydroxylation sites is 1. The molecule has 0 aliphatic carbocycles.